The minimum absolute atomic E-state index is 0.0139. The highest BCUT2D eigenvalue weighted by Gasteiger charge is 2.32. The molecule has 174 valence electrons. The van der Waals surface area contributed by atoms with E-state index in [0.29, 0.717) is 24.5 Å². The predicted molar refractivity (Wildman–Crippen MR) is 121 cm³/mol. The van der Waals surface area contributed by atoms with E-state index in [1.54, 1.807) is 7.11 Å². The number of benzene rings is 1. The number of aromatic nitrogens is 2. The average molecular weight is 478 g/mol. The summed E-state index contributed by atoms with van der Waals surface area (Å²) in [6.45, 7) is 4.40. The Morgan fingerprint density at radius 3 is 2.58 bits per heavy atom. The van der Waals surface area contributed by atoms with E-state index in [1.807, 2.05) is 29.3 Å². The predicted octanol–water partition coefficient (Wildman–Crippen LogP) is 4.80. The van der Waals surface area contributed by atoms with Crippen LogP contribution in [0.2, 0.25) is 5.02 Å². The zero-order valence-electron chi connectivity index (χ0n) is 18.1. The molecular formula is C23H23ClF3N5O. The van der Waals surface area contributed by atoms with E-state index in [4.69, 9.17) is 16.3 Å². The standard InChI is InChI=1S/C23H23ClF3N5O/c1-33-20-5-2-4-18-16(13-28)15-32(21(18)20)7-3-6-30-8-10-31(11-9-30)22-19(24)12-17(14-29-22)23(25,26)27/h2,4-5,12,14-15H,3,6-11H2,1H3. The highest BCUT2D eigenvalue weighted by atomic mass is 35.5. The summed E-state index contributed by atoms with van der Waals surface area (Å²) in [7, 11) is 1.62. The van der Waals surface area contributed by atoms with Gasteiger partial charge in [-0.15, -0.1) is 0 Å². The van der Waals surface area contributed by atoms with Crippen LogP contribution in [0.25, 0.3) is 10.9 Å². The molecule has 6 nitrogen and oxygen atoms in total. The first-order chi connectivity index (χ1) is 15.8. The van der Waals surface area contributed by atoms with Crippen molar-refractivity contribution in [2.24, 2.45) is 0 Å². The Hall–Kier alpha value is -2.96. The molecule has 2 aromatic heterocycles. The lowest BCUT2D eigenvalue weighted by Crippen LogP contribution is -2.47. The number of para-hydroxylation sites is 1. The quantitative estimate of drug-likeness (QED) is 0.510. The van der Waals surface area contributed by atoms with Crippen molar-refractivity contribution in [1.82, 2.24) is 14.5 Å². The molecule has 4 rings (SSSR count). The Morgan fingerprint density at radius 2 is 1.94 bits per heavy atom. The number of pyridine rings is 1. The summed E-state index contributed by atoms with van der Waals surface area (Å²) >= 11 is 6.09. The Labute approximate surface area is 194 Å². The number of hydrogen-bond donors (Lipinski definition) is 0. The third-order valence-electron chi connectivity index (χ3n) is 5.90. The van der Waals surface area contributed by atoms with Crippen LogP contribution in [0.3, 0.4) is 0 Å². The summed E-state index contributed by atoms with van der Waals surface area (Å²) in [6, 6.07) is 8.87. The van der Waals surface area contributed by atoms with E-state index in [1.165, 1.54) is 0 Å². The van der Waals surface area contributed by atoms with Gasteiger partial charge in [0, 0.05) is 50.5 Å². The number of piperazine rings is 1. The summed E-state index contributed by atoms with van der Waals surface area (Å²) < 4.78 is 46.1. The second-order valence-corrected chi connectivity index (χ2v) is 8.32. The minimum atomic E-state index is -4.46. The molecule has 0 N–H and O–H groups in total. The number of hydrogen-bond acceptors (Lipinski definition) is 5. The fraction of sp³-hybridized carbons (Fsp3) is 0.391. The molecule has 0 unspecified atom stereocenters. The molecule has 0 atom stereocenters. The van der Waals surface area contributed by atoms with Crippen LogP contribution >= 0.6 is 11.6 Å². The molecule has 0 saturated carbocycles. The highest BCUT2D eigenvalue weighted by Crippen LogP contribution is 2.34. The van der Waals surface area contributed by atoms with Crippen molar-refractivity contribution in [3.8, 4) is 11.8 Å². The van der Waals surface area contributed by atoms with E-state index >= 15 is 0 Å². The molecule has 1 saturated heterocycles. The van der Waals surface area contributed by atoms with Gasteiger partial charge in [0.1, 0.15) is 17.6 Å². The Morgan fingerprint density at radius 1 is 1.18 bits per heavy atom. The second kappa shape index (κ2) is 9.49. The molecule has 3 heterocycles. The van der Waals surface area contributed by atoms with E-state index in [2.05, 4.69) is 20.5 Å². The van der Waals surface area contributed by atoms with Crippen LogP contribution in [0.4, 0.5) is 19.0 Å². The summed E-state index contributed by atoms with van der Waals surface area (Å²) in [5, 5.41) is 10.3. The third-order valence-corrected chi connectivity index (χ3v) is 6.17. The molecule has 1 fully saturated rings. The molecule has 0 spiro atoms. The highest BCUT2D eigenvalue weighted by molar-refractivity contribution is 6.33. The maximum Gasteiger partial charge on any atom is 0.417 e. The fourth-order valence-corrected chi connectivity index (χ4v) is 4.51. The molecule has 0 radical (unpaired) electrons. The van der Waals surface area contributed by atoms with Crippen LogP contribution in [0.15, 0.2) is 36.7 Å². The van der Waals surface area contributed by atoms with Crippen molar-refractivity contribution < 1.29 is 17.9 Å². The van der Waals surface area contributed by atoms with Crippen molar-refractivity contribution >= 4 is 28.3 Å². The lowest BCUT2D eigenvalue weighted by molar-refractivity contribution is -0.137. The largest absolute Gasteiger partial charge is 0.495 e. The van der Waals surface area contributed by atoms with Crippen molar-refractivity contribution in [1.29, 1.82) is 5.26 Å². The molecule has 0 bridgehead atoms. The number of ether oxygens (including phenoxy) is 1. The van der Waals surface area contributed by atoms with Gasteiger partial charge < -0.3 is 14.2 Å². The van der Waals surface area contributed by atoms with Crippen molar-refractivity contribution in [2.45, 2.75) is 19.1 Å². The van der Waals surface area contributed by atoms with Gasteiger partial charge in [0.2, 0.25) is 0 Å². The van der Waals surface area contributed by atoms with Gasteiger partial charge in [0.25, 0.3) is 0 Å². The molecule has 33 heavy (non-hydrogen) atoms. The van der Waals surface area contributed by atoms with Crippen LogP contribution in [0.5, 0.6) is 5.75 Å². The monoisotopic (exact) mass is 477 g/mol. The second-order valence-electron chi connectivity index (χ2n) is 7.91. The number of methoxy groups -OCH3 is 1. The SMILES string of the molecule is COc1cccc2c(C#N)cn(CCCN3CCN(c4ncc(C(F)(F)F)cc4Cl)CC3)c12. The van der Waals surface area contributed by atoms with E-state index in [0.717, 1.165) is 61.5 Å². The Balaban J connectivity index is 1.34. The number of nitrogens with zero attached hydrogens (tertiary/aromatic N) is 5. The molecule has 0 amide bonds. The zero-order valence-corrected chi connectivity index (χ0v) is 18.8. The lowest BCUT2D eigenvalue weighted by atomic mass is 10.2. The van der Waals surface area contributed by atoms with Gasteiger partial charge in [0.05, 0.1) is 28.8 Å². The van der Waals surface area contributed by atoms with Gasteiger partial charge in [-0.2, -0.15) is 18.4 Å². The van der Waals surface area contributed by atoms with Gasteiger partial charge in [0.15, 0.2) is 0 Å². The van der Waals surface area contributed by atoms with Crippen molar-refractivity contribution in [2.75, 3.05) is 44.7 Å². The fourth-order valence-electron chi connectivity index (χ4n) is 4.22. The van der Waals surface area contributed by atoms with Gasteiger partial charge in [-0.3, -0.25) is 4.90 Å². The van der Waals surface area contributed by atoms with Crippen LogP contribution in [0.1, 0.15) is 17.5 Å². The van der Waals surface area contributed by atoms with Crippen molar-refractivity contribution in [3.05, 3.63) is 52.8 Å². The third kappa shape index (κ3) is 4.87. The Bertz CT molecular complexity index is 1180. The smallest absolute Gasteiger partial charge is 0.417 e. The Kier molecular flexibility index (Phi) is 6.68. The van der Waals surface area contributed by atoms with Crippen LogP contribution in [-0.4, -0.2) is 54.3 Å². The molecule has 10 heteroatoms. The normalized spacial score (nSPS) is 15.1. The topological polar surface area (TPSA) is 57.3 Å². The number of fused-ring (bicyclic) bond motifs is 1. The number of halogens is 4. The van der Waals surface area contributed by atoms with Gasteiger partial charge >= 0.3 is 6.18 Å². The number of alkyl halides is 3. The average Bonchev–Trinajstić information content (AvgIpc) is 3.17. The maximum atomic E-state index is 12.8. The van der Waals surface area contributed by atoms with Crippen LogP contribution < -0.4 is 9.64 Å². The van der Waals surface area contributed by atoms with Gasteiger partial charge in [-0.1, -0.05) is 23.7 Å². The number of anilines is 1. The molecule has 1 aromatic carbocycles. The van der Waals surface area contributed by atoms with E-state index in [-0.39, 0.29) is 5.02 Å². The van der Waals surface area contributed by atoms with Crippen LogP contribution in [0, 0.1) is 11.3 Å². The first kappa shape index (κ1) is 23.2. The first-order valence-electron chi connectivity index (χ1n) is 10.6. The van der Waals surface area contributed by atoms with Crippen LogP contribution in [-0.2, 0) is 12.7 Å². The minimum Gasteiger partial charge on any atom is -0.495 e. The molecule has 3 aromatic rings. The summed E-state index contributed by atoms with van der Waals surface area (Å²) in [6.07, 6.45) is -0.884. The van der Waals surface area contributed by atoms with E-state index in [9.17, 15) is 18.4 Å². The zero-order chi connectivity index (χ0) is 23.6. The van der Waals surface area contributed by atoms with E-state index < -0.39 is 11.7 Å². The van der Waals surface area contributed by atoms with Crippen molar-refractivity contribution in [3.63, 3.8) is 0 Å². The van der Waals surface area contributed by atoms with Gasteiger partial charge in [-0.05, 0) is 25.1 Å². The molecule has 1 aliphatic heterocycles. The molecule has 1 aliphatic rings. The molecular weight excluding hydrogens is 455 g/mol. The first-order valence-corrected chi connectivity index (χ1v) is 11.0. The number of rotatable bonds is 6. The summed E-state index contributed by atoms with van der Waals surface area (Å²) in [5.41, 5.74) is 0.700. The molecule has 0 aliphatic carbocycles. The summed E-state index contributed by atoms with van der Waals surface area (Å²) in [4.78, 5) is 8.19. The summed E-state index contributed by atoms with van der Waals surface area (Å²) in [5.74, 6) is 1.13. The number of nitriles is 1. The number of aryl methyl sites for hydroxylation is 1. The maximum absolute atomic E-state index is 12.8. The van der Waals surface area contributed by atoms with Gasteiger partial charge in [-0.25, -0.2) is 4.98 Å². The lowest BCUT2D eigenvalue weighted by Gasteiger charge is -2.35.